The summed E-state index contributed by atoms with van der Waals surface area (Å²) in [6.45, 7) is 4.01. The molecule has 3 aromatic rings. The van der Waals surface area contributed by atoms with E-state index in [0.29, 0.717) is 16.3 Å². The molecule has 7 nitrogen and oxygen atoms in total. The van der Waals surface area contributed by atoms with Gasteiger partial charge in [0.25, 0.3) is 5.91 Å². The molecule has 0 saturated carbocycles. The number of anilines is 2. The minimum absolute atomic E-state index is 0.169. The Balaban J connectivity index is 1.72. The van der Waals surface area contributed by atoms with Gasteiger partial charge in [0.05, 0.1) is 0 Å². The van der Waals surface area contributed by atoms with Gasteiger partial charge in [0.1, 0.15) is 17.8 Å². The van der Waals surface area contributed by atoms with Crippen LogP contribution in [0.25, 0.3) is 0 Å². The summed E-state index contributed by atoms with van der Waals surface area (Å²) < 4.78 is 5.75. The number of hydrazine groups is 1. The van der Waals surface area contributed by atoms with Crippen LogP contribution in [-0.2, 0) is 0 Å². The maximum atomic E-state index is 12.2. The Bertz CT molecular complexity index is 994. The molecule has 4 N–H and O–H groups in total. The van der Waals surface area contributed by atoms with Gasteiger partial charge in [-0.2, -0.15) is 4.98 Å². The predicted molar refractivity (Wildman–Crippen MR) is 105 cm³/mol. The van der Waals surface area contributed by atoms with Crippen molar-refractivity contribution in [1.29, 1.82) is 0 Å². The van der Waals surface area contributed by atoms with Crippen LogP contribution in [0.1, 0.15) is 21.5 Å². The third-order valence-electron chi connectivity index (χ3n) is 3.92. The molecule has 0 bridgehead atoms. The number of amides is 1. The van der Waals surface area contributed by atoms with Gasteiger partial charge in [0.15, 0.2) is 5.82 Å². The molecule has 2 aromatic carbocycles. The number of aryl methyl sites for hydroxylation is 2. The average molecular weight is 384 g/mol. The van der Waals surface area contributed by atoms with Gasteiger partial charge in [0.2, 0.25) is 5.88 Å². The van der Waals surface area contributed by atoms with E-state index < -0.39 is 0 Å². The minimum Gasteiger partial charge on any atom is -0.437 e. The number of benzene rings is 2. The van der Waals surface area contributed by atoms with E-state index in [9.17, 15) is 4.79 Å². The predicted octanol–water partition coefficient (Wildman–Crippen LogP) is 3.88. The molecule has 0 atom stereocenters. The van der Waals surface area contributed by atoms with E-state index in [1.54, 1.807) is 24.3 Å². The highest BCUT2D eigenvalue weighted by Crippen LogP contribution is 2.29. The number of nitrogens with two attached hydrogens (primary N) is 1. The highest BCUT2D eigenvalue weighted by Gasteiger charge is 2.12. The van der Waals surface area contributed by atoms with Gasteiger partial charge in [-0.25, -0.2) is 4.98 Å². The molecular weight excluding hydrogens is 366 g/mol. The van der Waals surface area contributed by atoms with Crippen LogP contribution in [0.4, 0.5) is 11.5 Å². The highest BCUT2D eigenvalue weighted by molar-refractivity contribution is 6.30. The first-order valence-electron chi connectivity index (χ1n) is 8.11. The fourth-order valence-electron chi connectivity index (χ4n) is 2.27. The number of nitrogens with one attached hydrogen (secondary N) is 2. The van der Waals surface area contributed by atoms with Crippen molar-refractivity contribution in [3.63, 3.8) is 0 Å². The molecule has 0 aliphatic rings. The number of nitrogen functional groups attached to an aromatic ring is 1. The Morgan fingerprint density at radius 3 is 2.67 bits per heavy atom. The zero-order valence-electron chi connectivity index (χ0n) is 14.8. The molecular formula is C19H18ClN5O2. The fraction of sp³-hybridized carbons (Fsp3) is 0.105. The van der Waals surface area contributed by atoms with Gasteiger partial charge in [-0.3, -0.25) is 15.6 Å². The number of nitrogens with zero attached hydrogens (tertiary/aromatic N) is 2. The normalized spacial score (nSPS) is 10.3. The molecule has 0 spiro atoms. The molecule has 0 saturated heterocycles. The average Bonchev–Trinajstić information content (AvgIpc) is 2.65. The topological polar surface area (TPSA) is 102 Å². The number of hydrogen-bond acceptors (Lipinski definition) is 6. The van der Waals surface area contributed by atoms with E-state index in [1.807, 2.05) is 32.0 Å². The maximum absolute atomic E-state index is 12.2. The van der Waals surface area contributed by atoms with E-state index in [1.165, 1.54) is 6.33 Å². The largest absolute Gasteiger partial charge is 0.437 e. The fourth-order valence-corrected chi connectivity index (χ4v) is 2.46. The first-order valence-corrected chi connectivity index (χ1v) is 8.49. The minimum atomic E-state index is -0.382. The lowest BCUT2D eigenvalue weighted by molar-refractivity contribution is 0.0962. The monoisotopic (exact) mass is 383 g/mol. The van der Waals surface area contributed by atoms with E-state index >= 15 is 0 Å². The van der Waals surface area contributed by atoms with Crippen molar-refractivity contribution in [2.75, 3.05) is 11.2 Å². The summed E-state index contributed by atoms with van der Waals surface area (Å²) in [6, 6.07) is 12.2. The van der Waals surface area contributed by atoms with Gasteiger partial charge in [-0.05, 0) is 55.3 Å². The van der Waals surface area contributed by atoms with Gasteiger partial charge < -0.3 is 10.5 Å². The summed E-state index contributed by atoms with van der Waals surface area (Å²) in [7, 11) is 0. The second kappa shape index (κ2) is 7.92. The van der Waals surface area contributed by atoms with E-state index in [-0.39, 0.29) is 23.3 Å². The van der Waals surface area contributed by atoms with E-state index in [2.05, 4.69) is 20.8 Å². The van der Waals surface area contributed by atoms with Crippen LogP contribution in [0.2, 0.25) is 5.02 Å². The van der Waals surface area contributed by atoms with E-state index in [0.717, 1.165) is 11.1 Å². The number of carbonyl (C=O) groups is 1. The van der Waals surface area contributed by atoms with Crippen molar-refractivity contribution in [3.8, 4) is 11.6 Å². The highest BCUT2D eigenvalue weighted by atomic mass is 35.5. The molecule has 3 rings (SSSR count). The molecule has 0 fully saturated rings. The summed E-state index contributed by atoms with van der Waals surface area (Å²) in [5.41, 5.74) is 14.1. The molecule has 0 radical (unpaired) electrons. The van der Waals surface area contributed by atoms with Crippen LogP contribution in [0, 0.1) is 13.8 Å². The summed E-state index contributed by atoms with van der Waals surface area (Å²) >= 11 is 5.89. The van der Waals surface area contributed by atoms with Crippen molar-refractivity contribution in [2.45, 2.75) is 13.8 Å². The number of rotatable bonds is 5. The van der Waals surface area contributed by atoms with Crippen LogP contribution in [0.5, 0.6) is 11.6 Å². The number of aromatic nitrogens is 2. The Hall–Kier alpha value is -3.32. The number of hydrogen-bond donors (Lipinski definition) is 3. The molecule has 0 unspecified atom stereocenters. The zero-order valence-corrected chi connectivity index (χ0v) is 15.5. The molecule has 1 amide bonds. The zero-order chi connectivity index (χ0) is 19.4. The van der Waals surface area contributed by atoms with Gasteiger partial charge >= 0.3 is 0 Å². The third kappa shape index (κ3) is 4.45. The first-order chi connectivity index (χ1) is 12.9. The summed E-state index contributed by atoms with van der Waals surface area (Å²) in [5, 5.41) is 0.466. The lowest BCUT2D eigenvalue weighted by atomic mass is 10.1. The molecule has 0 aliphatic heterocycles. The van der Waals surface area contributed by atoms with Crippen molar-refractivity contribution in [2.24, 2.45) is 0 Å². The molecule has 1 heterocycles. The quantitative estimate of drug-likeness (QED) is 0.578. The Kier molecular flexibility index (Phi) is 5.42. The standard InChI is InChI=1S/C19H18ClN5O2/c1-11-6-7-15(8-12(11)2)27-19-16(21)17(22-10-23-19)24-25-18(26)13-4-3-5-14(20)9-13/h3-10H,21H2,1-2H3,(H,25,26)(H,22,23,24). The summed E-state index contributed by atoms with van der Waals surface area (Å²) in [5.74, 6) is 0.636. The molecule has 0 aliphatic carbocycles. The number of halogens is 1. The third-order valence-corrected chi connectivity index (χ3v) is 4.16. The number of carbonyl (C=O) groups excluding carboxylic acids is 1. The van der Waals surface area contributed by atoms with Gasteiger partial charge in [-0.1, -0.05) is 23.7 Å². The Labute approximate surface area is 161 Å². The Morgan fingerprint density at radius 2 is 1.93 bits per heavy atom. The summed E-state index contributed by atoms with van der Waals surface area (Å²) in [6.07, 6.45) is 1.29. The SMILES string of the molecule is Cc1ccc(Oc2ncnc(NNC(=O)c3cccc(Cl)c3)c2N)cc1C. The van der Waals surface area contributed by atoms with Crippen molar-refractivity contribution in [3.05, 3.63) is 70.5 Å². The second-order valence-electron chi connectivity index (χ2n) is 5.88. The maximum Gasteiger partial charge on any atom is 0.269 e. The van der Waals surface area contributed by atoms with Crippen LogP contribution in [0.15, 0.2) is 48.8 Å². The van der Waals surface area contributed by atoms with E-state index in [4.69, 9.17) is 22.1 Å². The van der Waals surface area contributed by atoms with Gasteiger partial charge in [-0.15, -0.1) is 0 Å². The molecule has 1 aromatic heterocycles. The second-order valence-corrected chi connectivity index (χ2v) is 6.32. The lowest BCUT2D eigenvalue weighted by Gasteiger charge is -2.13. The molecule has 138 valence electrons. The van der Waals surface area contributed by atoms with Crippen LogP contribution < -0.4 is 21.3 Å². The van der Waals surface area contributed by atoms with Crippen LogP contribution >= 0.6 is 11.6 Å². The molecule has 27 heavy (non-hydrogen) atoms. The number of ether oxygens (including phenoxy) is 1. The van der Waals surface area contributed by atoms with Crippen molar-refractivity contribution in [1.82, 2.24) is 15.4 Å². The first kappa shape index (κ1) is 18.5. The van der Waals surface area contributed by atoms with Crippen molar-refractivity contribution < 1.29 is 9.53 Å². The lowest BCUT2D eigenvalue weighted by Crippen LogP contribution is -2.30. The van der Waals surface area contributed by atoms with Crippen molar-refractivity contribution >= 4 is 29.0 Å². The summed E-state index contributed by atoms with van der Waals surface area (Å²) in [4.78, 5) is 20.3. The Morgan fingerprint density at radius 1 is 1.11 bits per heavy atom. The van der Waals surface area contributed by atoms with Crippen LogP contribution in [-0.4, -0.2) is 15.9 Å². The smallest absolute Gasteiger partial charge is 0.269 e. The molecule has 8 heteroatoms. The van der Waals surface area contributed by atoms with Crippen LogP contribution in [0.3, 0.4) is 0 Å². The van der Waals surface area contributed by atoms with Gasteiger partial charge in [0, 0.05) is 10.6 Å².